The second kappa shape index (κ2) is 4.95. The lowest BCUT2D eigenvalue weighted by molar-refractivity contribution is 0.884. The number of nitrogens with zero attached hydrogens (tertiary/aromatic N) is 2. The van der Waals surface area contributed by atoms with Gasteiger partial charge < -0.3 is 5.32 Å². The fourth-order valence-corrected chi connectivity index (χ4v) is 1.42. The van der Waals surface area contributed by atoms with Crippen molar-refractivity contribution < 1.29 is 0 Å². The third-order valence-electron chi connectivity index (χ3n) is 1.23. The Labute approximate surface area is 75.9 Å². The third kappa shape index (κ3) is 3.06. The van der Waals surface area contributed by atoms with E-state index in [0.717, 1.165) is 23.0 Å². The number of thioether (sulfide) groups is 1. The van der Waals surface area contributed by atoms with E-state index >= 15 is 0 Å². The highest BCUT2D eigenvalue weighted by atomic mass is 32.2. The van der Waals surface area contributed by atoms with Crippen LogP contribution in [0.25, 0.3) is 0 Å². The van der Waals surface area contributed by atoms with Crippen LogP contribution >= 0.6 is 11.8 Å². The predicted octanol–water partition coefficient (Wildman–Crippen LogP) is 0.672. The highest BCUT2D eigenvalue weighted by Gasteiger charge is 1.97. The first-order valence-corrected chi connectivity index (χ1v) is 4.61. The molecular weight excluding hydrogens is 172 g/mol. The smallest absolute Gasteiger partial charge is 0.183 e. The van der Waals surface area contributed by atoms with E-state index in [2.05, 4.69) is 27.1 Å². The summed E-state index contributed by atoms with van der Waals surface area (Å²) in [5, 5.41) is 10.4. The van der Waals surface area contributed by atoms with Gasteiger partial charge in [0, 0.05) is 12.3 Å². The van der Waals surface area contributed by atoms with Crippen LogP contribution in [0.2, 0.25) is 0 Å². The molecule has 4 nitrogen and oxygen atoms in total. The van der Waals surface area contributed by atoms with Crippen LogP contribution in [0, 0.1) is 0 Å². The van der Waals surface area contributed by atoms with Crippen molar-refractivity contribution in [2.75, 3.05) is 19.3 Å². The summed E-state index contributed by atoms with van der Waals surface area (Å²) >= 11 is 1.61. The number of rotatable bonds is 5. The molecule has 2 N–H and O–H groups in total. The molecule has 5 heteroatoms. The maximum Gasteiger partial charge on any atom is 0.183 e. The number of hydrogen-bond acceptors (Lipinski definition) is 4. The number of nitrogens with one attached hydrogen (secondary N) is 2. The van der Waals surface area contributed by atoms with Crippen molar-refractivity contribution in [1.29, 1.82) is 0 Å². The molecule has 66 valence electrons. The molecule has 1 aromatic heterocycles. The topological polar surface area (TPSA) is 53.6 Å². The Morgan fingerprint density at radius 1 is 1.83 bits per heavy atom. The average Bonchev–Trinajstić information content (AvgIpc) is 2.53. The van der Waals surface area contributed by atoms with Gasteiger partial charge in [0.15, 0.2) is 5.16 Å². The highest BCUT2D eigenvalue weighted by molar-refractivity contribution is 7.99. The standard InChI is InChI=1S/C7H12N4S/c1-6(3-8-2)4-12-7-9-5-10-11-7/h5,8H,1,3-4H2,2H3,(H,9,10,11). The molecule has 0 aliphatic rings. The van der Waals surface area contributed by atoms with Gasteiger partial charge in [0.2, 0.25) is 0 Å². The summed E-state index contributed by atoms with van der Waals surface area (Å²) in [4.78, 5) is 3.98. The zero-order chi connectivity index (χ0) is 8.81. The van der Waals surface area contributed by atoms with Crippen molar-refractivity contribution in [3.8, 4) is 0 Å². The largest absolute Gasteiger partial charge is 0.316 e. The van der Waals surface area contributed by atoms with Gasteiger partial charge in [0.05, 0.1) is 0 Å². The zero-order valence-corrected chi connectivity index (χ0v) is 7.82. The van der Waals surface area contributed by atoms with E-state index in [0.29, 0.717) is 0 Å². The number of hydrogen-bond donors (Lipinski definition) is 2. The molecule has 0 bridgehead atoms. The fraction of sp³-hybridized carbons (Fsp3) is 0.429. The van der Waals surface area contributed by atoms with Gasteiger partial charge in [0.1, 0.15) is 6.33 Å². The van der Waals surface area contributed by atoms with E-state index in [9.17, 15) is 0 Å². The molecule has 0 saturated heterocycles. The maximum absolute atomic E-state index is 3.98. The summed E-state index contributed by atoms with van der Waals surface area (Å²) in [6, 6.07) is 0. The molecule has 0 unspecified atom stereocenters. The molecule has 1 aromatic rings. The van der Waals surface area contributed by atoms with E-state index < -0.39 is 0 Å². The van der Waals surface area contributed by atoms with Gasteiger partial charge >= 0.3 is 0 Å². The Hall–Kier alpha value is -0.810. The number of likely N-dealkylation sites (N-methyl/N-ethyl adjacent to an activating group) is 1. The van der Waals surface area contributed by atoms with Crippen LogP contribution in [-0.2, 0) is 0 Å². The molecule has 0 spiro atoms. The molecule has 0 radical (unpaired) electrons. The maximum atomic E-state index is 3.98. The van der Waals surface area contributed by atoms with E-state index in [1.165, 1.54) is 6.33 Å². The van der Waals surface area contributed by atoms with Crippen LogP contribution in [0.3, 0.4) is 0 Å². The Bertz CT molecular complexity index is 232. The highest BCUT2D eigenvalue weighted by Crippen LogP contribution is 2.13. The minimum absolute atomic E-state index is 0.840. The molecular formula is C7H12N4S. The first-order valence-electron chi connectivity index (χ1n) is 3.62. The van der Waals surface area contributed by atoms with Gasteiger partial charge in [-0.2, -0.15) is 5.10 Å². The molecule has 0 aromatic carbocycles. The summed E-state index contributed by atoms with van der Waals surface area (Å²) in [5.74, 6) is 0.871. The van der Waals surface area contributed by atoms with Crippen molar-refractivity contribution >= 4 is 11.8 Å². The molecule has 0 atom stereocenters. The summed E-state index contributed by atoms with van der Waals surface area (Å²) in [6.45, 7) is 4.75. The van der Waals surface area contributed by atoms with Gasteiger partial charge in [-0.15, -0.1) is 0 Å². The molecule has 0 amide bonds. The van der Waals surface area contributed by atoms with Gasteiger partial charge in [-0.05, 0) is 7.05 Å². The quantitative estimate of drug-likeness (QED) is 0.522. The molecule has 1 rings (SSSR count). The summed E-state index contributed by atoms with van der Waals surface area (Å²) in [7, 11) is 1.91. The van der Waals surface area contributed by atoms with Crippen LogP contribution in [0.5, 0.6) is 0 Å². The van der Waals surface area contributed by atoms with E-state index in [4.69, 9.17) is 0 Å². The van der Waals surface area contributed by atoms with Crippen LogP contribution in [0.4, 0.5) is 0 Å². The van der Waals surface area contributed by atoms with E-state index in [1.807, 2.05) is 7.05 Å². The summed E-state index contributed by atoms with van der Waals surface area (Å²) < 4.78 is 0. The van der Waals surface area contributed by atoms with Crippen molar-refractivity contribution in [2.24, 2.45) is 0 Å². The third-order valence-corrected chi connectivity index (χ3v) is 2.26. The second-order valence-electron chi connectivity index (χ2n) is 2.36. The van der Waals surface area contributed by atoms with Crippen molar-refractivity contribution in [1.82, 2.24) is 20.5 Å². The fourth-order valence-electron chi connectivity index (χ4n) is 0.735. The van der Waals surface area contributed by atoms with Crippen molar-refractivity contribution in [3.05, 3.63) is 18.5 Å². The Morgan fingerprint density at radius 3 is 3.25 bits per heavy atom. The summed E-state index contributed by atoms with van der Waals surface area (Å²) in [6.07, 6.45) is 1.50. The molecule has 0 aliphatic carbocycles. The monoisotopic (exact) mass is 184 g/mol. The van der Waals surface area contributed by atoms with Crippen molar-refractivity contribution in [2.45, 2.75) is 5.16 Å². The second-order valence-corrected chi connectivity index (χ2v) is 3.32. The average molecular weight is 184 g/mol. The first-order chi connectivity index (χ1) is 5.83. The van der Waals surface area contributed by atoms with Crippen LogP contribution in [-0.4, -0.2) is 34.5 Å². The normalized spacial score (nSPS) is 10.1. The van der Waals surface area contributed by atoms with Gasteiger partial charge in [-0.25, -0.2) is 4.98 Å². The number of H-pyrrole nitrogens is 1. The lowest BCUT2D eigenvalue weighted by Gasteiger charge is -2.01. The minimum Gasteiger partial charge on any atom is -0.316 e. The van der Waals surface area contributed by atoms with Gasteiger partial charge in [-0.1, -0.05) is 23.9 Å². The Kier molecular flexibility index (Phi) is 3.83. The number of aromatic amines is 1. The molecule has 12 heavy (non-hydrogen) atoms. The molecule has 0 saturated carbocycles. The van der Waals surface area contributed by atoms with Crippen LogP contribution in [0.1, 0.15) is 0 Å². The van der Waals surface area contributed by atoms with E-state index in [1.54, 1.807) is 11.8 Å². The van der Waals surface area contributed by atoms with Gasteiger partial charge in [-0.3, -0.25) is 5.10 Å². The van der Waals surface area contributed by atoms with Gasteiger partial charge in [0.25, 0.3) is 0 Å². The Morgan fingerprint density at radius 2 is 2.67 bits per heavy atom. The Balaban J connectivity index is 2.22. The first kappa shape index (κ1) is 9.28. The lowest BCUT2D eigenvalue weighted by Crippen LogP contribution is -2.10. The van der Waals surface area contributed by atoms with E-state index in [-0.39, 0.29) is 0 Å². The number of aromatic nitrogens is 3. The lowest BCUT2D eigenvalue weighted by atomic mass is 10.3. The van der Waals surface area contributed by atoms with Crippen LogP contribution < -0.4 is 5.32 Å². The summed E-state index contributed by atoms with van der Waals surface area (Å²) in [5.41, 5.74) is 1.15. The molecule has 1 heterocycles. The minimum atomic E-state index is 0.840. The van der Waals surface area contributed by atoms with Crippen molar-refractivity contribution in [3.63, 3.8) is 0 Å². The molecule has 0 aliphatic heterocycles. The van der Waals surface area contributed by atoms with Crippen LogP contribution in [0.15, 0.2) is 23.6 Å². The zero-order valence-electron chi connectivity index (χ0n) is 7.00. The molecule has 0 fully saturated rings. The predicted molar refractivity (Wildman–Crippen MR) is 50.2 cm³/mol. The SMILES string of the molecule is C=C(CNC)CSc1ncn[nH]1.